The van der Waals surface area contributed by atoms with Crippen LogP contribution < -0.4 is 5.32 Å². The lowest BCUT2D eigenvalue weighted by Crippen LogP contribution is -2.48. The Hall–Kier alpha value is -2.93. The summed E-state index contributed by atoms with van der Waals surface area (Å²) in [5.74, 6) is -0.391. The van der Waals surface area contributed by atoms with Crippen LogP contribution in [0.1, 0.15) is 75.6 Å². The topological polar surface area (TPSA) is 52.7 Å². The van der Waals surface area contributed by atoms with Gasteiger partial charge in [-0.1, -0.05) is 47.5 Å². The van der Waals surface area contributed by atoms with Gasteiger partial charge in [0, 0.05) is 35.8 Å². The summed E-state index contributed by atoms with van der Waals surface area (Å²) in [6, 6.07) is 17.7. The molecule has 6 rings (SSSR count). The molecule has 2 fully saturated rings. The van der Waals surface area contributed by atoms with E-state index in [2.05, 4.69) is 10.2 Å². The number of likely N-dealkylation sites (tertiary alicyclic amines) is 2. The monoisotopic (exact) mass is 593 g/mol. The predicted octanol–water partition coefficient (Wildman–Crippen LogP) is 7.07. The Labute approximate surface area is 250 Å². The molecule has 1 unspecified atom stereocenters. The second kappa shape index (κ2) is 11.7. The number of rotatable bonds is 5. The molecule has 0 bridgehead atoms. The van der Waals surface area contributed by atoms with Crippen molar-refractivity contribution in [1.82, 2.24) is 15.1 Å². The standard InChI is InChI=1S/C33H34Cl2FN3O2/c34-27-5-2-1-4-24(27)31(40)37-30-11-10-22-8-9-23(20-25(22)30)32(41)39-18-14-33(15-19-39)12-16-38(17-13-33)21-26-28(35)6-3-7-29(26)36/h1-9,20,30H,10-19,21H2,(H,37,40). The molecule has 0 aromatic heterocycles. The maximum atomic E-state index is 14.3. The van der Waals surface area contributed by atoms with Gasteiger partial charge in [-0.2, -0.15) is 0 Å². The van der Waals surface area contributed by atoms with Gasteiger partial charge >= 0.3 is 0 Å². The molecule has 1 N–H and O–H groups in total. The van der Waals surface area contributed by atoms with Crippen LogP contribution in [0.4, 0.5) is 4.39 Å². The van der Waals surface area contributed by atoms with Crippen LogP contribution in [0.5, 0.6) is 0 Å². The van der Waals surface area contributed by atoms with Crippen LogP contribution in [-0.4, -0.2) is 47.8 Å². The molecule has 1 spiro atoms. The van der Waals surface area contributed by atoms with Crippen LogP contribution in [0.3, 0.4) is 0 Å². The molecule has 214 valence electrons. The van der Waals surface area contributed by atoms with Crippen molar-refractivity contribution in [3.8, 4) is 0 Å². The first kappa shape index (κ1) is 28.2. The Morgan fingerprint density at radius 1 is 0.902 bits per heavy atom. The van der Waals surface area contributed by atoms with Gasteiger partial charge in [-0.25, -0.2) is 4.39 Å². The Morgan fingerprint density at radius 3 is 2.34 bits per heavy atom. The fourth-order valence-electron chi connectivity index (χ4n) is 6.73. The third-order valence-corrected chi connectivity index (χ3v) is 10.0. The molecule has 3 aromatic rings. The largest absolute Gasteiger partial charge is 0.345 e. The number of halogens is 3. The highest BCUT2D eigenvalue weighted by molar-refractivity contribution is 6.33. The van der Waals surface area contributed by atoms with Gasteiger partial charge in [-0.05, 0) is 105 Å². The number of benzene rings is 3. The number of hydrogen-bond donors (Lipinski definition) is 1. The summed E-state index contributed by atoms with van der Waals surface area (Å²) in [5, 5.41) is 4.03. The molecule has 3 aliphatic rings. The summed E-state index contributed by atoms with van der Waals surface area (Å²) in [5.41, 5.74) is 4.14. The van der Waals surface area contributed by atoms with Gasteiger partial charge in [0.15, 0.2) is 0 Å². The Morgan fingerprint density at radius 2 is 1.61 bits per heavy atom. The minimum atomic E-state index is -0.245. The molecule has 8 heteroatoms. The van der Waals surface area contributed by atoms with Gasteiger partial charge in [0.1, 0.15) is 5.82 Å². The molecule has 0 radical (unpaired) electrons. The van der Waals surface area contributed by atoms with E-state index in [1.165, 1.54) is 11.6 Å². The van der Waals surface area contributed by atoms with E-state index in [-0.39, 0.29) is 29.1 Å². The van der Waals surface area contributed by atoms with Crippen LogP contribution in [-0.2, 0) is 13.0 Å². The zero-order valence-corrected chi connectivity index (χ0v) is 24.5. The number of carbonyl (C=O) groups is 2. The Balaban J connectivity index is 1.05. The molecule has 5 nitrogen and oxygen atoms in total. The molecular weight excluding hydrogens is 560 g/mol. The maximum absolute atomic E-state index is 14.3. The quantitative estimate of drug-likeness (QED) is 0.344. The first-order valence-electron chi connectivity index (χ1n) is 14.4. The molecule has 1 aliphatic carbocycles. The second-order valence-corrected chi connectivity index (χ2v) is 12.5. The zero-order valence-electron chi connectivity index (χ0n) is 23.0. The SMILES string of the molecule is O=C(NC1CCc2ccc(C(=O)N3CCC4(CCN(Cc5c(F)cccc5Cl)CC4)CC3)cc21)c1ccccc1Cl. The van der Waals surface area contributed by atoms with Crippen LogP contribution in [0.15, 0.2) is 60.7 Å². The molecule has 2 aliphatic heterocycles. The van der Waals surface area contributed by atoms with Crippen molar-refractivity contribution < 1.29 is 14.0 Å². The van der Waals surface area contributed by atoms with Crippen molar-refractivity contribution in [1.29, 1.82) is 0 Å². The third kappa shape index (κ3) is 5.88. The normalized spacial score (nSPS) is 20.2. The average molecular weight is 595 g/mol. The first-order valence-corrected chi connectivity index (χ1v) is 15.2. The Kier molecular flexibility index (Phi) is 8.08. The molecule has 2 heterocycles. The fraction of sp³-hybridized carbons (Fsp3) is 0.394. The van der Waals surface area contributed by atoms with E-state index in [9.17, 15) is 14.0 Å². The first-order chi connectivity index (χ1) is 19.8. The van der Waals surface area contributed by atoms with Crippen molar-refractivity contribution in [3.05, 3.63) is 104 Å². The lowest BCUT2D eigenvalue weighted by atomic mass is 9.71. The summed E-state index contributed by atoms with van der Waals surface area (Å²) in [6.45, 7) is 3.82. The summed E-state index contributed by atoms with van der Waals surface area (Å²) in [4.78, 5) is 30.7. The number of fused-ring (bicyclic) bond motifs is 1. The lowest BCUT2D eigenvalue weighted by Gasteiger charge is -2.47. The van der Waals surface area contributed by atoms with E-state index in [0.717, 1.165) is 70.3 Å². The van der Waals surface area contributed by atoms with Crippen molar-refractivity contribution in [2.75, 3.05) is 26.2 Å². The van der Waals surface area contributed by atoms with Crippen LogP contribution in [0, 0.1) is 11.2 Å². The third-order valence-electron chi connectivity index (χ3n) is 9.37. The minimum Gasteiger partial charge on any atom is -0.345 e. The van der Waals surface area contributed by atoms with Gasteiger partial charge in [0.25, 0.3) is 11.8 Å². The number of aryl methyl sites for hydroxylation is 1. The highest BCUT2D eigenvalue weighted by atomic mass is 35.5. The van der Waals surface area contributed by atoms with E-state index in [0.29, 0.717) is 33.3 Å². The van der Waals surface area contributed by atoms with Crippen molar-refractivity contribution in [3.63, 3.8) is 0 Å². The maximum Gasteiger partial charge on any atom is 0.253 e. The molecule has 0 saturated carbocycles. The molecule has 2 saturated heterocycles. The van der Waals surface area contributed by atoms with Gasteiger partial charge in [0.2, 0.25) is 0 Å². The number of piperidine rings is 2. The summed E-state index contributed by atoms with van der Waals surface area (Å²) >= 11 is 12.5. The Bertz CT molecular complexity index is 1440. The molecule has 1 atom stereocenters. The molecule has 3 aromatic carbocycles. The van der Waals surface area contributed by atoms with Gasteiger partial charge < -0.3 is 10.2 Å². The van der Waals surface area contributed by atoms with E-state index < -0.39 is 0 Å². The van der Waals surface area contributed by atoms with E-state index >= 15 is 0 Å². The van der Waals surface area contributed by atoms with Gasteiger partial charge in [-0.15, -0.1) is 0 Å². The van der Waals surface area contributed by atoms with Crippen LogP contribution >= 0.6 is 23.2 Å². The summed E-state index contributed by atoms with van der Waals surface area (Å²) in [6.07, 6.45) is 5.72. The number of nitrogens with zero attached hydrogens (tertiary/aromatic N) is 2. The second-order valence-electron chi connectivity index (χ2n) is 11.7. The smallest absolute Gasteiger partial charge is 0.253 e. The highest BCUT2D eigenvalue weighted by Gasteiger charge is 2.39. The zero-order chi connectivity index (χ0) is 28.6. The van der Waals surface area contributed by atoms with E-state index in [1.807, 2.05) is 23.1 Å². The van der Waals surface area contributed by atoms with E-state index in [1.54, 1.807) is 36.4 Å². The van der Waals surface area contributed by atoms with Crippen molar-refractivity contribution in [2.24, 2.45) is 5.41 Å². The minimum absolute atomic E-state index is 0.0531. The predicted molar refractivity (Wildman–Crippen MR) is 160 cm³/mol. The van der Waals surface area contributed by atoms with Crippen molar-refractivity contribution in [2.45, 2.75) is 51.1 Å². The summed E-state index contributed by atoms with van der Waals surface area (Å²) < 4.78 is 14.3. The van der Waals surface area contributed by atoms with Gasteiger partial charge in [0.05, 0.1) is 16.6 Å². The summed E-state index contributed by atoms with van der Waals surface area (Å²) in [7, 11) is 0. The van der Waals surface area contributed by atoms with Crippen LogP contribution in [0.2, 0.25) is 10.0 Å². The van der Waals surface area contributed by atoms with E-state index in [4.69, 9.17) is 23.2 Å². The molecule has 2 amide bonds. The number of amides is 2. The number of hydrogen-bond acceptors (Lipinski definition) is 3. The van der Waals surface area contributed by atoms with Crippen LogP contribution in [0.25, 0.3) is 0 Å². The molecular formula is C33H34Cl2FN3O2. The number of carbonyl (C=O) groups excluding carboxylic acids is 2. The lowest BCUT2D eigenvalue weighted by molar-refractivity contribution is 0.0283. The highest BCUT2D eigenvalue weighted by Crippen LogP contribution is 2.42. The van der Waals surface area contributed by atoms with Crippen molar-refractivity contribution >= 4 is 35.0 Å². The van der Waals surface area contributed by atoms with Gasteiger partial charge in [-0.3, -0.25) is 14.5 Å². The molecule has 41 heavy (non-hydrogen) atoms. The average Bonchev–Trinajstić information content (AvgIpc) is 3.38. The number of nitrogens with one attached hydrogen (secondary N) is 1. The fourth-order valence-corrected chi connectivity index (χ4v) is 7.17.